The number of nitrogens with zero attached hydrogens (tertiary/aromatic N) is 1. The molecule has 1 fully saturated rings. The van der Waals surface area contributed by atoms with Gasteiger partial charge in [0.15, 0.2) is 0 Å². The van der Waals surface area contributed by atoms with E-state index in [0.717, 1.165) is 25.9 Å². The quantitative estimate of drug-likeness (QED) is 0.858. The van der Waals surface area contributed by atoms with E-state index in [4.69, 9.17) is 0 Å². The van der Waals surface area contributed by atoms with Crippen LogP contribution in [0.25, 0.3) is 0 Å². The Morgan fingerprint density at radius 2 is 2.26 bits per heavy atom. The molecule has 19 heavy (non-hydrogen) atoms. The van der Waals surface area contributed by atoms with Crippen LogP contribution in [-0.2, 0) is 11.3 Å². The number of aryl methyl sites for hydroxylation is 1. The van der Waals surface area contributed by atoms with Gasteiger partial charge in [-0.05, 0) is 32.4 Å². The molecule has 1 aliphatic rings. The summed E-state index contributed by atoms with van der Waals surface area (Å²) in [5.74, 6) is 0.0429. The highest BCUT2D eigenvalue weighted by atomic mass is 16.2. The zero-order valence-electron chi connectivity index (χ0n) is 11.5. The first-order chi connectivity index (χ1) is 9.11. The van der Waals surface area contributed by atoms with E-state index in [1.807, 2.05) is 13.8 Å². The topological polar surface area (TPSA) is 63.1 Å². The summed E-state index contributed by atoms with van der Waals surface area (Å²) in [5.41, 5.74) is 0.326. The van der Waals surface area contributed by atoms with Crippen molar-refractivity contribution in [1.29, 1.82) is 0 Å². The molecule has 5 heteroatoms. The molecule has 2 heterocycles. The summed E-state index contributed by atoms with van der Waals surface area (Å²) < 4.78 is 1.58. The summed E-state index contributed by atoms with van der Waals surface area (Å²) in [6.07, 6.45) is 3.38. The Hall–Kier alpha value is -1.62. The molecule has 1 aromatic rings. The maximum Gasteiger partial charge on any atom is 0.250 e. The highest BCUT2D eigenvalue weighted by Gasteiger charge is 2.39. The van der Waals surface area contributed by atoms with Gasteiger partial charge < -0.3 is 15.2 Å². The third-order valence-corrected chi connectivity index (χ3v) is 3.98. The fraction of sp³-hybridized carbons (Fsp3) is 0.571. The second-order valence-electron chi connectivity index (χ2n) is 5.06. The molecule has 0 aliphatic carbocycles. The van der Waals surface area contributed by atoms with Crippen LogP contribution in [0, 0.1) is 5.41 Å². The van der Waals surface area contributed by atoms with Crippen LogP contribution in [0.4, 0.5) is 5.69 Å². The Balaban J connectivity index is 2.16. The fourth-order valence-corrected chi connectivity index (χ4v) is 2.52. The van der Waals surface area contributed by atoms with Crippen LogP contribution in [-0.4, -0.2) is 23.6 Å². The van der Waals surface area contributed by atoms with Gasteiger partial charge in [0.1, 0.15) is 0 Å². The lowest BCUT2D eigenvalue weighted by molar-refractivity contribution is -0.124. The van der Waals surface area contributed by atoms with E-state index in [9.17, 15) is 9.59 Å². The minimum absolute atomic E-state index is 0.0429. The number of nitrogens with one attached hydrogen (secondary N) is 2. The molecule has 1 aliphatic heterocycles. The second-order valence-corrected chi connectivity index (χ2v) is 5.06. The SMILES string of the molecule is CCn1cc(NC(=O)C2(CC)CCNC2)ccc1=O. The molecular formula is C14H21N3O2. The first-order valence-corrected chi connectivity index (χ1v) is 6.84. The highest BCUT2D eigenvalue weighted by Crippen LogP contribution is 2.30. The summed E-state index contributed by atoms with van der Waals surface area (Å²) in [4.78, 5) is 23.9. The maximum atomic E-state index is 12.4. The van der Waals surface area contributed by atoms with Crippen molar-refractivity contribution in [3.8, 4) is 0 Å². The van der Waals surface area contributed by atoms with Crippen molar-refractivity contribution < 1.29 is 4.79 Å². The van der Waals surface area contributed by atoms with Crippen LogP contribution in [0.15, 0.2) is 23.1 Å². The van der Waals surface area contributed by atoms with E-state index < -0.39 is 0 Å². The van der Waals surface area contributed by atoms with Crippen molar-refractivity contribution in [2.45, 2.75) is 33.2 Å². The number of carbonyl (C=O) groups is 1. The Labute approximate surface area is 113 Å². The lowest BCUT2D eigenvalue weighted by atomic mass is 9.83. The van der Waals surface area contributed by atoms with E-state index in [0.29, 0.717) is 12.2 Å². The first kappa shape index (κ1) is 13.8. The van der Waals surface area contributed by atoms with Gasteiger partial charge >= 0.3 is 0 Å². The molecule has 0 saturated carbocycles. The first-order valence-electron chi connectivity index (χ1n) is 6.84. The van der Waals surface area contributed by atoms with E-state index in [1.54, 1.807) is 16.8 Å². The molecule has 104 valence electrons. The van der Waals surface area contributed by atoms with Gasteiger partial charge in [0, 0.05) is 25.4 Å². The summed E-state index contributed by atoms with van der Waals surface area (Å²) in [5, 5.41) is 6.19. The number of pyridine rings is 1. The Kier molecular flexibility index (Phi) is 4.04. The normalized spacial score (nSPS) is 22.4. The molecule has 1 atom stereocenters. The van der Waals surface area contributed by atoms with Crippen LogP contribution in [0.2, 0.25) is 0 Å². The highest BCUT2D eigenvalue weighted by molar-refractivity contribution is 5.95. The van der Waals surface area contributed by atoms with E-state index in [1.165, 1.54) is 6.07 Å². The number of hydrogen-bond donors (Lipinski definition) is 2. The average molecular weight is 263 g/mol. The lowest BCUT2D eigenvalue weighted by Gasteiger charge is -2.25. The van der Waals surface area contributed by atoms with Crippen molar-refractivity contribution in [2.75, 3.05) is 18.4 Å². The van der Waals surface area contributed by atoms with Crippen molar-refractivity contribution in [3.63, 3.8) is 0 Å². The molecule has 1 saturated heterocycles. The molecule has 1 unspecified atom stereocenters. The van der Waals surface area contributed by atoms with Crippen molar-refractivity contribution in [3.05, 3.63) is 28.7 Å². The largest absolute Gasteiger partial charge is 0.324 e. The van der Waals surface area contributed by atoms with Crippen LogP contribution < -0.4 is 16.2 Å². The van der Waals surface area contributed by atoms with Gasteiger partial charge in [0.2, 0.25) is 5.91 Å². The lowest BCUT2D eigenvalue weighted by Crippen LogP contribution is -2.37. The third-order valence-electron chi connectivity index (χ3n) is 3.98. The monoisotopic (exact) mass is 263 g/mol. The smallest absolute Gasteiger partial charge is 0.250 e. The molecule has 2 N–H and O–H groups in total. The molecule has 1 amide bonds. The Morgan fingerprint density at radius 1 is 1.47 bits per heavy atom. The second kappa shape index (κ2) is 5.57. The standard InChI is InChI=1S/C14H21N3O2/c1-3-14(7-8-15-10-14)13(19)16-11-5-6-12(18)17(4-2)9-11/h5-6,9,15H,3-4,7-8,10H2,1-2H3,(H,16,19). The van der Waals surface area contributed by atoms with Crippen LogP contribution >= 0.6 is 0 Å². The minimum Gasteiger partial charge on any atom is -0.324 e. The molecule has 0 radical (unpaired) electrons. The van der Waals surface area contributed by atoms with Gasteiger partial charge in [0.25, 0.3) is 5.56 Å². The summed E-state index contributed by atoms with van der Waals surface area (Å²) >= 11 is 0. The van der Waals surface area contributed by atoms with Gasteiger partial charge in [-0.2, -0.15) is 0 Å². The predicted octanol–water partition coefficient (Wildman–Crippen LogP) is 1.20. The van der Waals surface area contributed by atoms with Crippen molar-refractivity contribution in [2.24, 2.45) is 5.41 Å². The molecule has 0 bridgehead atoms. The number of carbonyl (C=O) groups excluding carboxylic acids is 1. The van der Waals surface area contributed by atoms with E-state index in [-0.39, 0.29) is 16.9 Å². The third kappa shape index (κ3) is 2.71. The van der Waals surface area contributed by atoms with Crippen molar-refractivity contribution in [1.82, 2.24) is 9.88 Å². The molecule has 2 rings (SSSR count). The van der Waals surface area contributed by atoms with Gasteiger partial charge in [-0.3, -0.25) is 9.59 Å². The summed E-state index contributed by atoms with van der Waals surface area (Å²) in [7, 11) is 0. The van der Waals surface area contributed by atoms with Gasteiger partial charge in [-0.1, -0.05) is 6.92 Å². The van der Waals surface area contributed by atoms with E-state index >= 15 is 0 Å². The number of aromatic nitrogens is 1. The van der Waals surface area contributed by atoms with Gasteiger partial charge in [0.05, 0.1) is 11.1 Å². The van der Waals surface area contributed by atoms with Crippen LogP contribution in [0.1, 0.15) is 26.7 Å². The number of rotatable bonds is 4. The minimum atomic E-state index is -0.312. The molecule has 0 aromatic carbocycles. The fourth-order valence-electron chi connectivity index (χ4n) is 2.52. The predicted molar refractivity (Wildman–Crippen MR) is 75.2 cm³/mol. The van der Waals surface area contributed by atoms with Gasteiger partial charge in [-0.25, -0.2) is 0 Å². The average Bonchev–Trinajstić information content (AvgIpc) is 2.91. The van der Waals surface area contributed by atoms with Crippen molar-refractivity contribution >= 4 is 11.6 Å². The number of amides is 1. The molecule has 5 nitrogen and oxygen atoms in total. The zero-order chi connectivity index (χ0) is 13.9. The molecule has 0 spiro atoms. The number of hydrogen-bond acceptors (Lipinski definition) is 3. The Morgan fingerprint density at radius 3 is 2.84 bits per heavy atom. The molecule has 1 aromatic heterocycles. The van der Waals surface area contributed by atoms with Crippen LogP contribution in [0.5, 0.6) is 0 Å². The number of anilines is 1. The maximum absolute atomic E-state index is 12.4. The van der Waals surface area contributed by atoms with Gasteiger partial charge in [-0.15, -0.1) is 0 Å². The van der Waals surface area contributed by atoms with Crippen LogP contribution in [0.3, 0.4) is 0 Å². The summed E-state index contributed by atoms with van der Waals surface area (Å²) in [6, 6.07) is 3.16. The summed E-state index contributed by atoms with van der Waals surface area (Å²) in [6.45, 7) is 6.16. The zero-order valence-corrected chi connectivity index (χ0v) is 11.5. The Bertz CT molecular complexity index is 516. The van der Waals surface area contributed by atoms with E-state index in [2.05, 4.69) is 10.6 Å². The molecular weight excluding hydrogens is 242 g/mol.